The molecule has 3 rings (SSSR count). The Morgan fingerprint density at radius 2 is 2.00 bits per heavy atom. The second kappa shape index (κ2) is 13.5. The van der Waals surface area contributed by atoms with E-state index in [2.05, 4.69) is 39.2 Å². The molecule has 1 N–H and O–H groups in total. The first-order valence-electron chi connectivity index (χ1n) is 12.4. The Labute approximate surface area is 228 Å². The van der Waals surface area contributed by atoms with E-state index in [4.69, 9.17) is 9.47 Å². The number of unbranched alkanes of at least 4 members (excludes halogenated alkanes) is 1. The molecule has 1 aliphatic rings. The minimum Gasteiger partial charge on any atom is -0.458 e. The monoisotopic (exact) mass is 592 g/mol. The van der Waals surface area contributed by atoms with Gasteiger partial charge >= 0.3 is 12.1 Å². The van der Waals surface area contributed by atoms with Gasteiger partial charge in [0.05, 0.1) is 12.3 Å². The normalized spacial score (nSPS) is 15.9. The summed E-state index contributed by atoms with van der Waals surface area (Å²) < 4.78 is 75.4. The number of carbonyl (C=O) groups is 1. The molecular formula is C23H31F3N6O5S2. The minimum absolute atomic E-state index is 0.0179. The Kier molecular flexibility index (Phi) is 10.6. The molecule has 1 aromatic carbocycles. The third-order valence-corrected chi connectivity index (χ3v) is 7.92. The summed E-state index contributed by atoms with van der Waals surface area (Å²) in [7, 11) is -3.33. The zero-order valence-corrected chi connectivity index (χ0v) is 23.5. The lowest BCUT2D eigenvalue weighted by molar-refractivity contribution is -0.106. The summed E-state index contributed by atoms with van der Waals surface area (Å²) in [5.74, 6) is -2.77. The van der Waals surface area contributed by atoms with Crippen molar-refractivity contribution in [2.24, 2.45) is 10.2 Å². The van der Waals surface area contributed by atoms with E-state index in [0.29, 0.717) is 6.42 Å². The number of azo groups is 1. The number of esters is 1. The van der Waals surface area contributed by atoms with Gasteiger partial charge in [-0.25, -0.2) is 13.2 Å². The Bertz CT molecular complexity index is 1270. The molecule has 0 saturated carbocycles. The number of carbonyl (C=O) groups excluding carboxylic acids is 1. The zero-order chi connectivity index (χ0) is 28.6. The lowest BCUT2D eigenvalue weighted by atomic mass is 9.93. The van der Waals surface area contributed by atoms with Crippen LogP contribution in [-0.2, 0) is 25.9 Å². The molecule has 1 atom stereocenters. The van der Waals surface area contributed by atoms with Crippen molar-refractivity contribution in [3.05, 3.63) is 22.7 Å². The largest absolute Gasteiger partial charge is 0.458 e. The van der Waals surface area contributed by atoms with Crippen LogP contribution in [0, 0.1) is 0 Å². The lowest BCUT2D eigenvalue weighted by Gasteiger charge is -2.39. The van der Waals surface area contributed by atoms with Crippen molar-refractivity contribution >= 4 is 49.5 Å². The molecule has 216 valence electrons. The van der Waals surface area contributed by atoms with Crippen LogP contribution in [0.1, 0.15) is 54.9 Å². The van der Waals surface area contributed by atoms with Crippen molar-refractivity contribution < 1.29 is 35.9 Å². The highest BCUT2D eigenvalue weighted by atomic mass is 32.2. The fourth-order valence-electron chi connectivity index (χ4n) is 4.12. The smallest absolute Gasteiger partial charge is 0.404 e. The molecule has 0 amide bonds. The number of alkyl halides is 3. The fraction of sp³-hybridized carbons (Fsp3) is 0.609. The number of aryl methyl sites for hydroxylation is 1. The van der Waals surface area contributed by atoms with Crippen molar-refractivity contribution in [3.8, 4) is 0 Å². The first-order valence-corrected chi connectivity index (χ1v) is 14.8. The van der Waals surface area contributed by atoms with Crippen LogP contribution in [0.4, 0.5) is 35.4 Å². The number of sulfonamides is 1. The highest BCUT2D eigenvalue weighted by molar-refractivity contribution is 7.92. The van der Waals surface area contributed by atoms with E-state index in [9.17, 15) is 26.4 Å². The van der Waals surface area contributed by atoms with Gasteiger partial charge in [0.25, 0.3) is 5.13 Å². The molecular weight excluding hydrogens is 561 g/mol. The van der Waals surface area contributed by atoms with Gasteiger partial charge in [-0.1, -0.05) is 31.6 Å². The van der Waals surface area contributed by atoms with Gasteiger partial charge in [-0.15, -0.1) is 20.4 Å². The predicted molar refractivity (Wildman–Crippen MR) is 141 cm³/mol. The molecule has 16 heteroatoms. The lowest BCUT2D eigenvalue weighted by Crippen LogP contribution is -2.39. The molecule has 0 saturated heterocycles. The summed E-state index contributed by atoms with van der Waals surface area (Å²) in [6.07, 6.45) is -0.655. The van der Waals surface area contributed by atoms with E-state index in [1.807, 2.05) is 4.72 Å². The van der Waals surface area contributed by atoms with Gasteiger partial charge in [-0.3, -0.25) is 4.72 Å². The molecule has 0 radical (unpaired) electrons. The Morgan fingerprint density at radius 3 is 2.67 bits per heavy atom. The molecule has 2 aromatic rings. The number of nitrogens with zero attached hydrogens (tertiary/aromatic N) is 5. The SMILES string of the molecule is CCCCN1c2cc(NS(=O)(=O)CC(F)(F)F)c(N=Nc3nnc(C(=O)OCCOC)s3)cc2CCC1CC. The number of anilines is 2. The summed E-state index contributed by atoms with van der Waals surface area (Å²) in [6.45, 7) is 5.08. The van der Waals surface area contributed by atoms with Crippen molar-refractivity contribution in [1.82, 2.24) is 10.2 Å². The van der Waals surface area contributed by atoms with E-state index < -0.39 is 27.9 Å². The molecule has 2 heterocycles. The van der Waals surface area contributed by atoms with Crippen LogP contribution in [0.2, 0.25) is 0 Å². The van der Waals surface area contributed by atoms with Gasteiger partial charge in [0.2, 0.25) is 15.0 Å². The number of fused-ring (bicyclic) bond motifs is 1. The van der Waals surface area contributed by atoms with Crippen LogP contribution < -0.4 is 9.62 Å². The molecule has 1 aliphatic heterocycles. The maximum Gasteiger partial charge on any atom is 0.404 e. The second-order valence-corrected chi connectivity index (χ2v) is 11.5. The molecule has 0 bridgehead atoms. The molecule has 0 spiro atoms. The van der Waals surface area contributed by atoms with Crippen LogP contribution >= 0.6 is 11.3 Å². The van der Waals surface area contributed by atoms with E-state index in [0.717, 1.165) is 54.8 Å². The fourth-order valence-corrected chi connectivity index (χ4v) is 5.68. The van der Waals surface area contributed by atoms with Crippen molar-refractivity contribution in [2.75, 3.05) is 42.2 Å². The van der Waals surface area contributed by atoms with Gasteiger partial charge in [0, 0.05) is 25.4 Å². The molecule has 1 aromatic heterocycles. The van der Waals surface area contributed by atoms with Crippen molar-refractivity contribution in [2.45, 2.75) is 58.2 Å². The van der Waals surface area contributed by atoms with Crippen LogP contribution in [0.15, 0.2) is 22.4 Å². The number of hydrogen-bond donors (Lipinski definition) is 1. The summed E-state index contributed by atoms with van der Waals surface area (Å²) in [5, 5.41) is 15.4. The summed E-state index contributed by atoms with van der Waals surface area (Å²) >= 11 is 0.793. The zero-order valence-electron chi connectivity index (χ0n) is 21.8. The quantitative estimate of drug-likeness (QED) is 0.186. The standard InChI is InChI=1S/C23H31F3N6O5S2/c1-4-6-9-32-16(5-2)8-7-15-12-17(18(13-19(15)32)31-39(34,35)14-23(24,25)26)27-29-22-30-28-20(38-22)21(33)37-11-10-36-3/h12-13,16,31H,4-11,14H2,1-3H3. The third-order valence-electron chi connectivity index (χ3n) is 5.89. The maximum absolute atomic E-state index is 12.9. The number of hydrogen-bond acceptors (Lipinski definition) is 11. The Balaban J connectivity index is 1.97. The van der Waals surface area contributed by atoms with E-state index in [-0.39, 0.29) is 40.8 Å². The van der Waals surface area contributed by atoms with E-state index in [1.165, 1.54) is 13.2 Å². The number of halogens is 3. The topological polar surface area (TPSA) is 135 Å². The van der Waals surface area contributed by atoms with Gasteiger partial charge < -0.3 is 14.4 Å². The molecule has 0 fully saturated rings. The average Bonchev–Trinajstić information content (AvgIpc) is 3.33. The van der Waals surface area contributed by atoms with Crippen LogP contribution in [0.25, 0.3) is 0 Å². The Hall–Kier alpha value is -2.85. The van der Waals surface area contributed by atoms with Gasteiger partial charge in [-0.05, 0) is 43.4 Å². The molecule has 39 heavy (non-hydrogen) atoms. The Morgan fingerprint density at radius 1 is 1.23 bits per heavy atom. The number of rotatable bonds is 13. The van der Waals surface area contributed by atoms with Crippen LogP contribution in [0.3, 0.4) is 0 Å². The third kappa shape index (κ3) is 8.83. The molecule has 11 nitrogen and oxygen atoms in total. The van der Waals surface area contributed by atoms with Crippen LogP contribution in [0.5, 0.6) is 0 Å². The summed E-state index contributed by atoms with van der Waals surface area (Å²) in [5.41, 5.74) is 1.51. The summed E-state index contributed by atoms with van der Waals surface area (Å²) in [4.78, 5) is 14.2. The van der Waals surface area contributed by atoms with Gasteiger partial charge in [-0.2, -0.15) is 13.2 Å². The van der Waals surface area contributed by atoms with Gasteiger partial charge in [0.1, 0.15) is 12.3 Å². The highest BCUT2D eigenvalue weighted by Gasteiger charge is 2.36. The second-order valence-electron chi connectivity index (χ2n) is 8.84. The van der Waals surface area contributed by atoms with E-state index in [1.54, 1.807) is 6.07 Å². The highest BCUT2D eigenvalue weighted by Crippen LogP contribution is 2.40. The summed E-state index contributed by atoms with van der Waals surface area (Å²) in [6, 6.07) is 3.36. The van der Waals surface area contributed by atoms with Gasteiger partial charge in [0.15, 0.2) is 5.75 Å². The predicted octanol–water partition coefficient (Wildman–Crippen LogP) is 5.39. The number of aromatic nitrogens is 2. The maximum atomic E-state index is 12.9. The number of benzene rings is 1. The van der Waals surface area contributed by atoms with Crippen LogP contribution in [-0.4, -0.2) is 69.4 Å². The first-order chi connectivity index (χ1) is 18.5. The number of nitrogens with one attached hydrogen (secondary N) is 1. The van der Waals surface area contributed by atoms with E-state index >= 15 is 0 Å². The number of methoxy groups -OCH3 is 1. The van der Waals surface area contributed by atoms with Crippen molar-refractivity contribution in [3.63, 3.8) is 0 Å². The number of ether oxygens (including phenoxy) is 2. The molecule has 0 aliphatic carbocycles. The molecule has 1 unspecified atom stereocenters. The van der Waals surface area contributed by atoms with Crippen molar-refractivity contribution in [1.29, 1.82) is 0 Å². The average molecular weight is 593 g/mol. The first kappa shape index (κ1) is 30.7. The minimum atomic E-state index is -4.93.